The molecule has 19 heavy (non-hydrogen) atoms. The molecule has 0 saturated carbocycles. The first-order valence-electron chi connectivity index (χ1n) is 5.37. The number of benzene rings is 1. The number of allylic oxidation sites excluding steroid dienone is 1. The van der Waals surface area contributed by atoms with Crippen LogP contribution in [0.4, 0.5) is 26.3 Å². The van der Waals surface area contributed by atoms with Gasteiger partial charge in [0.05, 0.1) is 11.1 Å². The highest BCUT2D eigenvalue weighted by Gasteiger charge is 2.37. The Morgan fingerprint density at radius 1 is 0.947 bits per heavy atom. The number of alkyl halides is 6. The highest BCUT2D eigenvalue weighted by Crippen LogP contribution is 2.38. The van der Waals surface area contributed by atoms with Gasteiger partial charge in [-0.1, -0.05) is 19.1 Å². The Morgan fingerprint density at radius 2 is 1.32 bits per heavy atom. The summed E-state index contributed by atoms with van der Waals surface area (Å²) in [6.07, 6.45) is -9.63. The molecule has 0 amide bonds. The summed E-state index contributed by atoms with van der Waals surface area (Å²) in [5.41, 5.74) is -2.15. The van der Waals surface area contributed by atoms with Crippen LogP contribution in [0.25, 0.3) is 0 Å². The maximum atomic E-state index is 12.6. The fourth-order valence-electron chi connectivity index (χ4n) is 1.51. The monoisotopic (exact) mass is 282 g/mol. The smallest absolute Gasteiger partial charge is 0.166 e. The Labute approximate surface area is 106 Å². The second-order valence-corrected chi connectivity index (χ2v) is 4.41. The summed E-state index contributed by atoms with van der Waals surface area (Å²) in [6, 6.07) is 1.58. The zero-order chi connectivity index (χ0) is 15.0. The predicted molar refractivity (Wildman–Crippen MR) is 59.7 cm³/mol. The molecular weight excluding hydrogens is 270 g/mol. The largest absolute Gasteiger partial charge is 0.416 e. The van der Waals surface area contributed by atoms with E-state index in [1.165, 1.54) is 6.92 Å². The molecule has 1 atom stereocenters. The number of rotatable bonds is 2. The summed E-state index contributed by atoms with van der Waals surface area (Å²) in [4.78, 5) is 0. The van der Waals surface area contributed by atoms with E-state index in [1.807, 2.05) is 0 Å². The highest BCUT2D eigenvalue weighted by molar-refractivity contribution is 5.37. The number of halogens is 6. The van der Waals surface area contributed by atoms with Gasteiger partial charge < -0.3 is 0 Å². The van der Waals surface area contributed by atoms with E-state index in [1.54, 1.807) is 6.92 Å². The molecule has 0 aromatic heterocycles. The van der Waals surface area contributed by atoms with Crippen molar-refractivity contribution in [3.63, 3.8) is 0 Å². The third kappa shape index (κ3) is 3.75. The van der Waals surface area contributed by atoms with Crippen LogP contribution < -0.4 is 0 Å². The molecule has 0 heterocycles. The average Bonchev–Trinajstić information content (AvgIpc) is 2.24. The van der Waals surface area contributed by atoms with E-state index in [0.29, 0.717) is 5.57 Å². The lowest BCUT2D eigenvalue weighted by Gasteiger charge is -2.18. The van der Waals surface area contributed by atoms with Crippen LogP contribution in [0.1, 0.15) is 36.5 Å². The van der Waals surface area contributed by atoms with Gasteiger partial charge in [-0.25, -0.2) is 0 Å². The van der Waals surface area contributed by atoms with E-state index in [9.17, 15) is 26.3 Å². The first-order chi connectivity index (χ1) is 8.43. The molecule has 0 aliphatic rings. The van der Waals surface area contributed by atoms with Crippen molar-refractivity contribution in [3.8, 4) is 0 Å². The second kappa shape index (κ2) is 4.90. The van der Waals surface area contributed by atoms with E-state index in [0.717, 1.165) is 12.1 Å². The summed E-state index contributed by atoms with van der Waals surface area (Å²) < 4.78 is 75.7. The Hall–Kier alpha value is -1.46. The van der Waals surface area contributed by atoms with E-state index in [2.05, 4.69) is 6.58 Å². The van der Waals surface area contributed by atoms with Gasteiger partial charge in [0.1, 0.15) is 0 Å². The van der Waals surface area contributed by atoms with Crippen LogP contribution in [0, 0.1) is 0 Å². The minimum Gasteiger partial charge on any atom is -0.166 e. The van der Waals surface area contributed by atoms with Crippen LogP contribution in [0.2, 0.25) is 0 Å². The van der Waals surface area contributed by atoms with Crippen LogP contribution in [0.5, 0.6) is 0 Å². The van der Waals surface area contributed by atoms with Gasteiger partial charge in [0.15, 0.2) is 0 Å². The third-order valence-electron chi connectivity index (χ3n) is 2.85. The topological polar surface area (TPSA) is 0 Å². The molecule has 6 heteroatoms. The Bertz CT molecular complexity index is 449. The lowest BCUT2D eigenvalue weighted by Crippen LogP contribution is -2.12. The normalized spacial score (nSPS) is 14.3. The average molecular weight is 282 g/mol. The number of hydrogen-bond acceptors (Lipinski definition) is 0. The molecule has 0 aliphatic heterocycles. The van der Waals surface area contributed by atoms with Gasteiger partial charge in [-0.3, -0.25) is 0 Å². The molecule has 0 aliphatic carbocycles. The summed E-state index contributed by atoms with van der Waals surface area (Å²) >= 11 is 0. The summed E-state index contributed by atoms with van der Waals surface area (Å²) in [5.74, 6) is -0.580. The number of hydrogen-bond donors (Lipinski definition) is 0. The summed E-state index contributed by atoms with van der Waals surface area (Å²) in [7, 11) is 0. The Morgan fingerprint density at radius 3 is 1.58 bits per heavy atom. The van der Waals surface area contributed by atoms with E-state index < -0.39 is 29.4 Å². The minimum absolute atomic E-state index is 0.0466. The van der Waals surface area contributed by atoms with Crippen LogP contribution in [0.15, 0.2) is 30.4 Å². The standard InChI is InChI=1S/C13H12F6/c1-7(2)8(3)9-4-10(12(14,15)16)6-11(5-9)13(17,18)19/h4-6,8H,1H2,2-3H3. The quantitative estimate of drug-likeness (QED) is 0.503. The van der Waals surface area contributed by atoms with Crippen molar-refractivity contribution in [2.24, 2.45) is 0 Å². The third-order valence-corrected chi connectivity index (χ3v) is 2.85. The van der Waals surface area contributed by atoms with Gasteiger partial charge in [0.25, 0.3) is 0 Å². The van der Waals surface area contributed by atoms with Crippen LogP contribution in [-0.2, 0) is 12.4 Å². The molecule has 0 N–H and O–H groups in total. The first kappa shape index (κ1) is 15.6. The highest BCUT2D eigenvalue weighted by atomic mass is 19.4. The van der Waals surface area contributed by atoms with Gasteiger partial charge in [-0.15, -0.1) is 0 Å². The van der Waals surface area contributed by atoms with Crippen molar-refractivity contribution in [3.05, 3.63) is 47.0 Å². The Balaban J connectivity index is 3.45. The van der Waals surface area contributed by atoms with Gasteiger partial charge in [-0.2, -0.15) is 26.3 Å². The molecule has 1 unspecified atom stereocenters. The minimum atomic E-state index is -4.81. The van der Waals surface area contributed by atoms with Gasteiger partial charge in [-0.05, 0) is 30.7 Å². The van der Waals surface area contributed by atoms with Gasteiger partial charge in [0.2, 0.25) is 0 Å². The molecule has 106 valence electrons. The van der Waals surface area contributed by atoms with Gasteiger partial charge in [0, 0.05) is 5.92 Å². The molecule has 0 radical (unpaired) electrons. The fourth-order valence-corrected chi connectivity index (χ4v) is 1.51. The lowest BCUT2D eigenvalue weighted by atomic mass is 9.91. The Kier molecular flexibility index (Phi) is 4.03. The molecule has 0 saturated heterocycles. The van der Waals surface area contributed by atoms with Crippen molar-refractivity contribution in [2.75, 3.05) is 0 Å². The van der Waals surface area contributed by atoms with Crippen molar-refractivity contribution in [1.82, 2.24) is 0 Å². The van der Waals surface area contributed by atoms with Crippen LogP contribution in [0.3, 0.4) is 0 Å². The fraction of sp³-hybridized carbons (Fsp3) is 0.385. The molecule has 0 spiro atoms. The zero-order valence-corrected chi connectivity index (χ0v) is 10.3. The maximum absolute atomic E-state index is 12.6. The first-order valence-corrected chi connectivity index (χ1v) is 5.37. The van der Waals surface area contributed by atoms with Crippen molar-refractivity contribution in [2.45, 2.75) is 32.1 Å². The summed E-state index contributed by atoms with van der Waals surface area (Å²) in [6.45, 7) is 6.62. The molecule has 1 aromatic carbocycles. The van der Waals surface area contributed by atoms with Crippen molar-refractivity contribution < 1.29 is 26.3 Å². The van der Waals surface area contributed by atoms with E-state index in [4.69, 9.17) is 0 Å². The van der Waals surface area contributed by atoms with Gasteiger partial charge >= 0.3 is 12.4 Å². The van der Waals surface area contributed by atoms with Crippen LogP contribution >= 0.6 is 0 Å². The molecule has 1 rings (SSSR count). The van der Waals surface area contributed by atoms with E-state index in [-0.39, 0.29) is 11.6 Å². The predicted octanol–water partition coefficient (Wildman–Crippen LogP) is 5.40. The molecule has 0 fully saturated rings. The molecular formula is C13H12F6. The second-order valence-electron chi connectivity index (χ2n) is 4.41. The zero-order valence-electron chi connectivity index (χ0n) is 10.3. The molecule has 1 aromatic rings. The SMILES string of the molecule is C=C(C)C(C)c1cc(C(F)(F)F)cc(C(F)(F)F)c1. The van der Waals surface area contributed by atoms with Crippen molar-refractivity contribution in [1.29, 1.82) is 0 Å². The summed E-state index contributed by atoms with van der Waals surface area (Å²) in [5, 5.41) is 0. The maximum Gasteiger partial charge on any atom is 0.416 e. The molecule has 0 nitrogen and oxygen atoms in total. The van der Waals surface area contributed by atoms with Crippen LogP contribution in [-0.4, -0.2) is 0 Å². The lowest BCUT2D eigenvalue weighted by molar-refractivity contribution is -0.143. The van der Waals surface area contributed by atoms with E-state index >= 15 is 0 Å². The van der Waals surface area contributed by atoms with Crippen molar-refractivity contribution >= 4 is 0 Å². The molecule has 0 bridgehead atoms.